The molecule has 0 saturated carbocycles. The summed E-state index contributed by atoms with van der Waals surface area (Å²) in [5, 5.41) is 2.76. The second-order valence-corrected chi connectivity index (χ2v) is 5.34. The number of ketones is 1. The van der Waals surface area contributed by atoms with Crippen LogP contribution in [-0.2, 0) is 4.79 Å². The molecule has 0 atom stereocenters. The quantitative estimate of drug-likeness (QED) is 0.665. The maximum atomic E-state index is 12.0. The average Bonchev–Trinajstić information content (AvgIpc) is 2.48. The summed E-state index contributed by atoms with van der Waals surface area (Å²) >= 11 is 3.27. The van der Waals surface area contributed by atoms with E-state index in [4.69, 9.17) is 0 Å². The summed E-state index contributed by atoms with van der Waals surface area (Å²) in [6.45, 7) is 1.51. The lowest BCUT2D eigenvalue weighted by Crippen LogP contribution is -2.11. The number of benzene rings is 2. The molecule has 0 aliphatic rings. The van der Waals surface area contributed by atoms with Gasteiger partial charge in [0, 0.05) is 11.3 Å². The van der Waals surface area contributed by atoms with Gasteiger partial charge in [0.15, 0.2) is 5.78 Å². The third-order valence-corrected chi connectivity index (χ3v) is 3.45. The molecule has 21 heavy (non-hydrogen) atoms. The van der Waals surface area contributed by atoms with Gasteiger partial charge in [0.2, 0.25) is 0 Å². The summed E-state index contributed by atoms with van der Waals surface area (Å²) in [5.74, 6) is -0.243. The van der Waals surface area contributed by atoms with Crippen LogP contribution in [0.2, 0.25) is 0 Å². The maximum absolute atomic E-state index is 12.0. The summed E-state index contributed by atoms with van der Waals surface area (Å²) in [4.78, 5) is 23.2. The van der Waals surface area contributed by atoms with E-state index in [1.807, 2.05) is 30.3 Å². The van der Waals surface area contributed by atoms with E-state index in [0.717, 1.165) is 5.56 Å². The molecule has 0 fully saturated rings. The molecule has 1 amide bonds. The van der Waals surface area contributed by atoms with Gasteiger partial charge in [0.05, 0.1) is 4.48 Å². The van der Waals surface area contributed by atoms with E-state index >= 15 is 0 Å². The molecule has 1 N–H and O–H groups in total. The zero-order valence-electron chi connectivity index (χ0n) is 11.5. The largest absolute Gasteiger partial charge is 0.322 e. The van der Waals surface area contributed by atoms with Crippen LogP contribution in [0.3, 0.4) is 0 Å². The van der Waals surface area contributed by atoms with Crippen LogP contribution >= 0.6 is 15.9 Å². The van der Waals surface area contributed by atoms with Crippen LogP contribution in [0.25, 0.3) is 6.08 Å². The number of anilines is 1. The first kappa shape index (κ1) is 15.2. The fraction of sp³-hybridized carbons (Fsp3) is 0.0588. The topological polar surface area (TPSA) is 46.2 Å². The highest BCUT2D eigenvalue weighted by Crippen LogP contribution is 2.16. The standard InChI is InChI=1S/C17H14BrNO2/c1-12(20)14-7-9-15(10-8-14)19-17(21)16(18)11-13-5-3-2-4-6-13/h2-11H,1H3,(H,19,21)/b16-11-. The molecule has 0 aromatic heterocycles. The van der Waals surface area contributed by atoms with Crippen LogP contribution in [-0.4, -0.2) is 11.7 Å². The smallest absolute Gasteiger partial charge is 0.262 e. The molecule has 0 saturated heterocycles. The van der Waals surface area contributed by atoms with Crippen LogP contribution in [0, 0.1) is 0 Å². The first-order valence-corrected chi connectivity index (χ1v) is 7.20. The van der Waals surface area contributed by atoms with Crippen LogP contribution in [0.15, 0.2) is 59.1 Å². The SMILES string of the molecule is CC(=O)c1ccc(NC(=O)/C(Br)=C/c2ccccc2)cc1. The number of halogens is 1. The minimum atomic E-state index is -0.241. The highest BCUT2D eigenvalue weighted by Gasteiger charge is 2.07. The Morgan fingerprint density at radius 1 is 1.00 bits per heavy atom. The third-order valence-electron chi connectivity index (χ3n) is 2.86. The van der Waals surface area contributed by atoms with Gasteiger partial charge in [-0.3, -0.25) is 9.59 Å². The second-order valence-electron chi connectivity index (χ2n) is 4.49. The summed E-state index contributed by atoms with van der Waals surface area (Å²) in [5.41, 5.74) is 2.20. The fourth-order valence-corrected chi connectivity index (χ4v) is 2.10. The van der Waals surface area contributed by atoms with E-state index in [9.17, 15) is 9.59 Å². The molecule has 0 unspecified atom stereocenters. The molecule has 2 rings (SSSR count). The number of hydrogen-bond acceptors (Lipinski definition) is 2. The van der Waals surface area contributed by atoms with Gasteiger partial charge >= 0.3 is 0 Å². The molecule has 2 aromatic carbocycles. The highest BCUT2D eigenvalue weighted by atomic mass is 79.9. The Morgan fingerprint density at radius 3 is 2.19 bits per heavy atom. The number of nitrogens with one attached hydrogen (secondary N) is 1. The highest BCUT2D eigenvalue weighted by molar-refractivity contribution is 9.12. The lowest BCUT2D eigenvalue weighted by molar-refractivity contribution is -0.112. The lowest BCUT2D eigenvalue weighted by Gasteiger charge is -2.05. The van der Waals surface area contributed by atoms with Crippen molar-refractivity contribution in [2.45, 2.75) is 6.92 Å². The lowest BCUT2D eigenvalue weighted by atomic mass is 10.1. The van der Waals surface area contributed by atoms with Crippen molar-refractivity contribution in [2.24, 2.45) is 0 Å². The Bertz CT molecular complexity index is 676. The van der Waals surface area contributed by atoms with Gasteiger partial charge in [-0.05, 0) is 58.8 Å². The summed E-state index contributed by atoms with van der Waals surface area (Å²) < 4.78 is 0.435. The number of Topliss-reactive ketones (excluding diaryl/α,β-unsaturated/α-hetero) is 1. The fourth-order valence-electron chi connectivity index (χ4n) is 1.74. The Labute approximate surface area is 131 Å². The molecule has 0 spiro atoms. The van der Waals surface area contributed by atoms with Crippen molar-refractivity contribution in [1.29, 1.82) is 0 Å². The van der Waals surface area contributed by atoms with E-state index in [0.29, 0.717) is 15.7 Å². The van der Waals surface area contributed by atoms with Crippen molar-refractivity contribution >= 4 is 39.4 Å². The molecule has 0 radical (unpaired) electrons. The Morgan fingerprint density at radius 2 is 1.62 bits per heavy atom. The first-order chi connectivity index (χ1) is 10.1. The molecule has 4 heteroatoms. The van der Waals surface area contributed by atoms with Crippen molar-refractivity contribution < 1.29 is 9.59 Å². The molecule has 3 nitrogen and oxygen atoms in total. The molecule has 0 aliphatic carbocycles. The van der Waals surface area contributed by atoms with Gasteiger partial charge in [-0.2, -0.15) is 0 Å². The van der Waals surface area contributed by atoms with Gasteiger partial charge in [0.1, 0.15) is 0 Å². The minimum absolute atomic E-state index is 0.00182. The molecule has 0 bridgehead atoms. The van der Waals surface area contributed by atoms with Crippen molar-refractivity contribution in [2.75, 3.05) is 5.32 Å². The zero-order chi connectivity index (χ0) is 15.2. The summed E-state index contributed by atoms with van der Waals surface area (Å²) in [7, 11) is 0. The number of carbonyl (C=O) groups is 2. The van der Waals surface area contributed by atoms with E-state index in [-0.39, 0.29) is 11.7 Å². The predicted molar refractivity (Wildman–Crippen MR) is 88.4 cm³/mol. The Balaban J connectivity index is 2.07. The van der Waals surface area contributed by atoms with E-state index in [1.165, 1.54) is 6.92 Å². The molecular formula is C17H14BrNO2. The second kappa shape index (κ2) is 6.99. The third kappa shape index (κ3) is 4.39. The Hall–Kier alpha value is -2.20. The normalized spacial score (nSPS) is 11.0. The first-order valence-electron chi connectivity index (χ1n) is 6.41. The average molecular weight is 344 g/mol. The van der Waals surface area contributed by atoms with Crippen molar-refractivity contribution in [1.82, 2.24) is 0 Å². The number of hydrogen-bond donors (Lipinski definition) is 1. The molecule has 2 aromatic rings. The van der Waals surface area contributed by atoms with Gasteiger partial charge in [-0.1, -0.05) is 30.3 Å². The van der Waals surface area contributed by atoms with Crippen LogP contribution in [0.5, 0.6) is 0 Å². The Kier molecular flexibility index (Phi) is 5.06. The molecule has 0 aliphatic heterocycles. The molecule has 106 valence electrons. The van der Waals surface area contributed by atoms with Crippen LogP contribution in [0.1, 0.15) is 22.8 Å². The van der Waals surface area contributed by atoms with E-state index in [2.05, 4.69) is 21.2 Å². The molecular weight excluding hydrogens is 330 g/mol. The summed E-state index contributed by atoms with van der Waals surface area (Å²) in [6, 6.07) is 16.3. The van der Waals surface area contributed by atoms with E-state index in [1.54, 1.807) is 30.3 Å². The zero-order valence-corrected chi connectivity index (χ0v) is 13.1. The monoisotopic (exact) mass is 343 g/mol. The summed E-state index contributed by atoms with van der Waals surface area (Å²) in [6.07, 6.45) is 1.75. The minimum Gasteiger partial charge on any atom is -0.322 e. The van der Waals surface area contributed by atoms with Crippen molar-refractivity contribution in [3.05, 3.63) is 70.2 Å². The maximum Gasteiger partial charge on any atom is 0.262 e. The van der Waals surface area contributed by atoms with Crippen molar-refractivity contribution in [3.63, 3.8) is 0 Å². The number of rotatable bonds is 4. The van der Waals surface area contributed by atoms with Gasteiger partial charge in [-0.15, -0.1) is 0 Å². The van der Waals surface area contributed by atoms with Crippen LogP contribution < -0.4 is 5.32 Å². The van der Waals surface area contributed by atoms with Crippen LogP contribution in [0.4, 0.5) is 5.69 Å². The predicted octanol–water partition coefficient (Wildman–Crippen LogP) is 4.26. The van der Waals surface area contributed by atoms with Gasteiger partial charge in [0.25, 0.3) is 5.91 Å². The van der Waals surface area contributed by atoms with Gasteiger partial charge in [-0.25, -0.2) is 0 Å². The van der Waals surface area contributed by atoms with E-state index < -0.39 is 0 Å². The molecule has 0 heterocycles. The van der Waals surface area contributed by atoms with Crippen molar-refractivity contribution in [3.8, 4) is 0 Å². The van der Waals surface area contributed by atoms with Gasteiger partial charge < -0.3 is 5.32 Å². The number of amides is 1. The number of carbonyl (C=O) groups excluding carboxylic acids is 2.